The van der Waals surface area contributed by atoms with Crippen molar-refractivity contribution in [3.63, 3.8) is 0 Å². The van der Waals surface area contributed by atoms with Crippen LogP contribution in [0.15, 0.2) is 59.4 Å². The first-order valence-corrected chi connectivity index (χ1v) is 13.3. The van der Waals surface area contributed by atoms with Gasteiger partial charge in [0.2, 0.25) is 5.75 Å². The van der Waals surface area contributed by atoms with E-state index >= 15 is 0 Å². The van der Waals surface area contributed by atoms with E-state index in [4.69, 9.17) is 21.3 Å². The average Bonchev–Trinajstić information content (AvgIpc) is 3.38. The molecule has 8 heteroatoms. The Balaban J connectivity index is 1.75. The summed E-state index contributed by atoms with van der Waals surface area (Å²) in [6.45, 7) is 2.16. The summed E-state index contributed by atoms with van der Waals surface area (Å²) < 4.78 is 5.81. The lowest BCUT2D eigenvalue weighted by molar-refractivity contribution is 0.0970. The highest BCUT2D eigenvalue weighted by molar-refractivity contribution is 6.30. The number of H-pyrrole nitrogens is 1. The number of aromatic amines is 1. The molecule has 1 aliphatic rings. The Morgan fingerprint density at radius 1 is 1.14 bits per heavy atom. The maximum Gasteiger partial charge on any atom is 0.294 e. The zero-order chi connectivity index (χ0) is 26.3. The molecule has 37 heavy (non-hydrogen) atoms. The van der Waals surface area contributed by atoms with Crippen LogP contribution in [0.3, 0.4) is 0 Å². The lowest BCUT2D eigenvalue weighted by Gasteiger charge is -2.30. The number of carbonyl (C=O) groups excluding carboxylic acids is 1. The molecule has 1 aliphatic carbocycles. The van der Waals surface area contributed by atoms with E-state index in [1.165, 1.54) is 4.90 Å². The summed E-state index contributed by atoms with van der Waals surface area (Å²) in [5.41, 5.74) is 1.06. The number of para-hydroxylation sites is 1. The number of ether oxygens (including phenoxy) is 1. The van der Waals surface area contributed by atoms with Crippen molar-refractivity contribution in [2.24, 2.45) is 0 Å². The fraction of sp³-hybridized carbons (Fsp3) is 0.414. The molecule has 1 saturated carbocycles. The van der Waals surface area contributed by atoms with E-state index in [1.54, 1.807) is 12.1 Å². The molecule has 4 rings (SSSR count). The largest absolute Gasteiger partial charge is 0.486 e. The highest BCUT2D eigenvalue weighted by Crippen LogP contribution is 2.43. The smallest absolute Gasteiger partial charge is 0.294 e. The SMILES string of the molecule is CCCCOc1c(C(=O)N(CCO)c2ccccc2)nc(CC2(c3ccc(Cl)cc3)CCCC2)[nH]c1=O. The van der Waals surface area contributed by atoms with Crippen molar-refractivity contribution in [2.45, 2.75) is 57.3 Å². The minimum absolute atomic E-state index is 0.0311. The summed E-state index contributed by atoms with van der Waals surface area (Å²) in [6, 6.07) is 16.9. The predicted molar refractivity (Wildman–Crippen MR) is 146 cm³/mol. The fourth-order valence-corrected chi connectivity index (χ4v) is 5.24. The number of aliphatic hydroxyl groups is 1. The summed E-state index contributed by atoms with van der Waals surface area (Å²) in [6.07, 6.45) is 6.19. The lowest BCUT2D eigenvalue weighted by Crippen LogP contribution is -2.36. The Morgan fingerprint density at radius 2 is 1.84 bits per heavy atom. The van der Waals surface area contributed by atoms with Gasteiger partial charge in [0.05, 0.1) is 13.2 Å². The van der Waals surface area contributed by atoms with Crippen molar-refractivity contribution in [3.8, 4) is 5.75 Å². The molecule has 2 aromatic carbocycles. The zero-order valence-corrected chi connectivity index (χ0v) is 22.0. The number of hydrogen-bond acceptors (Lipinski definition) is 5. The van der Waals surface area contributed by atoms with Gasteiger partial charge in [-0.3, -0.25) is 9.59 Å². The number of nitrogens with zero attached hydrogens (tertiary/aromatic N) is 2. The van der Waals surface area contributed by atoms with Gasteiger partial charge in [-0.2, -0.15) is 0 Å². The van der Waals surface area contributed by atoms with Gasteiger partial charge in [-0.25, -0.2) is 4.98 Å². The molecular formula is C29H34ClN3O4. The molecule has 0 unspecified atom stereocenters. The van der Waals surface area contributed by atoms with Gasteiger partial charge >= 0.3 is 0 Å². The van der Waals surface area contributed by atoms with Crippen LogP contribution in [-0.4, -0.2) is 40.7 Å². The van der Waals surface area contributed by atoms with Gasteiger partial charge in [-0.1, -0.05) is 68.1 Å². The molecule has 1 amide bonds. The monoisotopic (exact) mass is 523 g/mol. The number of aliphatic hydroxyl groups excluding tert-OH is 1. The second-order valence-electron chi connectivity index (χ2n) is 9.58. The molecule has 0 aliphatic heterocycles. The van der Waals surface area contributed by atoms with Crippen LogP contribution in [0.2, 0.25) is 5.02 Å². The van der Waals surface area contributed by atoms with Gasteiger partial charge < -0.3 is 19.7 Å². The van der Waals surface area contributed by atoms with Crippen molar-refractivity contribution in [3.05, 3.63) is 87.1 Å². The zero-order valence-electron chi connectivity index (χ0n) is 21.2. The Labute approximate surface area is 222 Å². The van der Waals surface area contributed by atoms with Crippen LogP contribution in [0.4, 0.5) is 5.69 Å². The quantitative estimate of drug-likeness (QED) is 0.333. The molecule has 0 saturated heterocycles. The molecular weight excluding hydrogens is 490 g/mol. The van der Waals surface area contributed by atoms with Crippen molar-refractivity contribution < 1.29 is 14.6 Å². The van der Waals surface area contributed by atoms with Crippen LogP contribution in [0.5, 0.6) is 5.75 Å². The average molecular weight is 524 g/mol. The number of unbranched alkanes of at least 4 members (excludes halogenated alkanes) is 1. The summed E-state index contributed by atoms with van der Waals surface area (Å²) in [4.78, 5) is 36.2. The van der Waals surface area contributed by atoms with Crippen LogP contribution in [0.1, 0.15) is 67.3 Å². The molecule has 1 aromatic heterocycles. The molecule has 2 N–H and O–H groups in total. The third-order valence-corrected chi connectivity index (χ3v) is 7.28. The van der Waals surface area contributed by atoms with Crippen LogP contribution < -0.4 is 15.2 Å². The Bertz CT molecular complexity index is 1240. The third kappa shape index (κ3) is 6.22. The van der Waals surface area contributed by atoms with Crippen molar-refractivity contribution in [1.29, 1.82) is 0 Å². The van der Waals surface area contributed by atoms with E-state index < -0.39 is 11.5 Å². The Hall–Kier alpha value is -3.16. The first-order valence-electron chi connectivity index (χ1n) is 13.0. The van der Waals surface area contributed by atoms with Gasteiger partial charge in [0.25, 0.3) is 11.5 Å². The van der Waals surface area contributed by atoms with Gasteiger partial charge in [-0.15, -0.1) is 0 Å². The molecule has 196 valence electrons. The van der Waals surface area contributed by atoms with Gasteiger partial charge in [0.1, 0.15) is 5.82 Å². The molecule has 7 nitrogen and oxygen atoms in total. The Morgan fingerprint density at radius 3 is 2.49 bits per heavy atom. The van der Waals surface area contributed by atoms with Crippen LogP contribution in [-0.2, 0) is 11.8 Å². The molecule has 0 radical (unpaired) electrons. The van der Waals surface area contributed by atoms with Crippen molar-refractivity contribution in [2.75, 3.05) is 24.7 Å². The highest BCUT2D eigenvalue weighted by Gasteiger charge is 2.37. The number of nitrogens with one attached hydrogen (secondary N) is 1. The van der Waals surface area contributed by atoms with Crippen molar-refractivity contribution in [1.82, 2.24) is 9.97 Å². The number of rotatable bonds is 11. The first-order chi connectivity index (χ1) is 18.0. The number of halogens is 1. The van der Waals surface area contributed by atoms with Gasteiger partial charge in [0, 0.05) is 29.1 Å². The molecule has 1 heterocycles. The molecule has 0 spiro atoms. The van der Waals surface area contributed by atoms with Crippen LogP contribution >= 0.6 is 11.6 Å². The normalized spacial score (nSPS) is 14.5. The van der Waals surface area contributed by atoms with Gasteiger partial charge in [0.15, 0.2) is 5.69 Å². The summed E-state index contributed by atoms with van der Waals surface area (Å²) in [7, 11) is 0. The second-order valence-corrected chi connectivity index (χ2v) is 10.0. The predicted octanol–water partition coefficient (Wildman–Crippen LogP) is 5.30. The van der Waals surface area contributed by atoms with Crippen LogP contribution in [0, 0.1) is 0 Å². The topological polar surface area (TPSA) is 95.5 Å². The maximum absolute atomic E-state index is 13.8. The lowest BCUT2D eigenvalue weighted by atomic mass is 9.76. The third-order valence-electron chi connectivity index (χ3n) is 7.03. The molecule has 1 fully saturated rings. The molecule has 0 atom stereocenters. The number of benzene rings is 2. The fourth-order valence-electron chi connectivity index (χ4n) is 5.12. The second kappa shape index (κ2) is 12.4. The van der Waals surface area contributed by atoms with E-state index in [-0.39, 0.29) is 30.0 Å². The number of anilines is 1. The number of amides is 1. The van der Waals surface area contributed by atoms with E-state index in [0.29, 0.717) is 29.6 Å². The van der Waals surface area contributed by atoms with E-state index in [2.05, 4.69) is 4.98 Å². The highest BCUT2D eigenvalue weighted by atomic mass is 35.5. The summed E-state index contributed by atoms with van der Waals surface area (Å²) in [5, 5.41) is 10.4. The van der Waals surface area contributed by atoms with Crippen LogP contribution in [0.25, 0.3) is 0 Å². The minimum atomic E-state index is -0.480. The van der Waals surface area contributed by atoms with E-state index in [9.17, 15) is 14.7 Å². The number of aromatic nitrogens is 2. The number of hydrogen-bond donors (Lipinski definition) is 2. The maximum atomic E-state index is 13.8. The number of carbonyl (C=O) groups is 1. The van der Waals surface area contributed by atoms with E-state index in [0.717, 1.165) is 44.1 Å². The first kappa shape index (κ1) is 26.9. The van der Waals surface area contributed by atoms with Gasteiger partial charge in [-0.05, 0) is 49.1 Å². The molecule has 3 aromatic rings. The van der Waals surface area contributed by atoms with Crippen molar-refractivity contribution >= 4 is 23.2 Å². The summed E-state index contributed by atoms with van der Waals surface area (Å²) >= 11 is 6.14. The summed E-state index contributed by atoms with van der Waals surface area (Å²) in [5.74, 6) is -0.107. The Kier molecular flexibility index (Phi) is 9.00. The minimum Gasteiger partial charge on any atom is -0.486 e. The van der Waals surface area contributed by atoms with E-state index in [1.807, 2.05) is 49.4 Å². The molecule has 0 bridgehead atoms. The standard InChI is InChI=1S/C29H34ClN3O4/c1-2-3-19-37-26-25(28(36)33(17-18-34)23-9-5-4-6-10-23)31-24(32-27(26)35)20-29(15-7-8-16-29)21-11-13-22(30)14-12-21/h4-6,9-14,34H,2-3,7-8,15-20H2,1H3,(H,31,32,35).